The number of likely N-dealkylation sites (tertiary alicyclic amines) is 1. The Morgan fingerprint density at radius 2 is 1.71 bits per heavy atom. The van der Waals surface area contributed by atoms with Crippen molar-refractivity contribution in [3.8, 4) is 0 Å². The van der Waals surface area contributed by atoms with Gasteiger partial charge in [0, 0.05) is 12.2 Å². The van der Waals surface area contributed by atoms with Crippen molar-refractivity contribution in [1.29, 1.82) is 0 Å². The molecule has 4 rings (SSSR count). The maximum atomic E-state index is 13.0. The van der Waals surface area contributed by atoms with Gasteiger partial charge in [-0.2, -0.15) is 0 Å². The molecule has 0 bridgehead atoms. The summed E-state index contributed by atoms with van der Waals surface area (Å²) in [7, 11) is 0. The van der Waals surface area contributed by atoms with E-state index in [1.807, 2.05) is 72.8 Å². The lowest BCUT2D eigenvalue weighted by Crippen LogP contribution is -2.54. The van der Waals surface area contributed by atoms with E-state index in [9.17, 15) is 14.4 Å². The molecular weight excluding hydrogens is 428 g/mol. The van der Waals surface area contributed by atoms with Gasteiger partial charge in [-0.15, -0.1) is 0 Å². The summed E-state index contributed by atoms with van der Waals surface area (Å²) in [5, 5.41) is 7.72. The molecule has 3 atom stereocenters. The SMILES string of the molecule is C[C@H](NC(=O)[C@@H]1CCCN1C(=O)[C@@H](N)Cc1ccccc1)C(=O)Nc1ccc2ccccc2c1. The van der Waals surface area contributed by atoms with Crippen LogP contribution in [0.2, 0.25) is 0 Å². The Morgan fingerprint density at radius 1 is 1.00 bits per heavy atom. The van der Waals surface area contributed by atoms with Crippen LogP contribution in [0.3, 0.4) is 0 Å². The van der Waals surface area contributed by atoms with Crippen molar-refractivity contribution in [2.75, 3.05) is 11.9 Å². The van der Waals surface area contributed by atoms with E-state index >= 15 is 0 Å². The van der Waals surface area contributed by atoms with Crippen LogP contribution in [0.25, 0.3) is 10.8 Å². The average Bonchev–Trinajstić information content (AvgIpc) is 3.34. The molecule has 176 valence electrons. The van der Waals surface area contributed by atoms with Gasteiger partial charge in [-0.1, -0.05) is 60.7 Å². The highest BCUT2D eigenvalue weighted by Crippen LogP contribution is 2.21. The van der Waals surface area contributed by atoms with Crippen molar-refractivity contribution in [1.82, 2.24) is 10.2 Å². The highest BCUT2D eigenvalue weighted by atomic mass is 16.2. The maximum absolute atomic E-state index is 13.0. The van der Waals surface area contributed by atoms with Gasteiger partial charge in [-0.3, -0.25) is 14.4 Å². The number of fused-ring (bicyclic) bond motifs is 1. The van der Waals surface area contributed by atoms with Crippen LogP contribution >= 0.6 is 0 Å². The van der Waals surface area contributed by atoms with Gasteiger partial charge in [0.15, 0.2) is 0 Å². The third-order valence-electron chi connectivity index (χ3n) is 6.22. The number of carbonyl (C=O) groups is 3. The monoisotopic (exact) mass is 458 g/mol. The van der Waals surface area contributed by atoms with Crippen LogP contribution in [-0.2, 0) is 20.8 Å². The summed E-state index contributed by atoms with van der Waals surface area (Å²) in [5.41, 5.74) is 7.82. The number of anilines is 1. The zero-order valence-electron chi connectivity index (χ0n) is 19.2. The van der Waals surface area contributed by atoms with E-state index in [4.69, 9.17) is 5.73 Å². The molecule has 3 aromatic carbocycles. The minimum absolute atomic E-state index is 0.241. The van der Waals surface area contributed by atoms with Crippen molar-refractivity contribution in [3.05, 3.63) is 78.4 Å². The zero-order valence-corrected chi connectivity index (χ0v) is 19.2. The van der Waals surface area contributed by atoms with Crippen LogP contribution < -0.4 is 16.4 Å². The molecule has 0 spiro atoms. The Labute approximate surface area is 199 Å². The normalized spacial score (nSPS) is 17.2. The van der Waals surface area contributed by atoms with Crippen molar-refractivity contribution in [2.24, 2.45) is 5.73 Å². The first-order chi connectivity index (χ1) is 16.4. The first kappa shape index (κ1) is 23.4. The molecule has 0 radical (unpaired) electrons. The maximum Gasteiger partial charge on any atom is 0.246 e. The predicted molar refractivity (Wildman–Crippen MR) is 133 cm³/mol. The predicted octanol–water partition coefficient (Wildman–Crippen LogP) is 2.84. The summed E-state index contributed by atoms with van der Waals surface area (Å²) >= 11 is 0. The van der Waals surface area contributed by atoms with Gasteiger partial charge < -0.3 is 21.3 Å². The standard InChI is InChI=1S/C27H30N4O3/c1-18(25(32)30-22-14-13-20-10-5-6-11-21(20)17-22)29-26(33)24-12-7-15-31(24)27(34)23(28)16-19-8-3-2-4-9-19/h2-6,8-11,13-14,17-18,23-24H,7,12,15-16,28H2,1H3,(H,29,33)(H,30,32)/t18-,23-,24-/m0/s1. The first-order valence-electron chi connectivity index (χ1n) is 11.6. The number of hydrogen-bond acceptors (Lipinski definition) is 4. The summed E-state index contributed by atoms with van der Waals surface area (Å²) < 4.78 is 0. The van der Waals surface area contributed by atoms with E-state index in [2.05, 4.69) is 10.6 Å². The van der Waals surface area contributed by atoms with Crippen LogP contribution in [0, 0.1) is 0 Å². The van der Waals surface area contributed by atoms with Gasteiger partial charge in [0.2, 0.25) is 17.7 Å². The quantitative estimate of drug-likeness (QED) is 0.506. The van der Waals surface area contributed by atoms with Gasteiger partial charge in [-0.05, 0) is 54.7 Å². The number of amides is 3. The fraction of sp³-hybridized carbons (Fsp3) is 0.296. The molecule has 0 aromatic heterocycles. The summed E-state index contributed by atoms with van der Waals surface area (Å²) in [5.74, 6) is -0.894. The molecule has 0 unspecified atom stereocenters. The molecule has 1 aliphatic heterocycles. The molecule has 1 fully saturated rings. The lowest BCUT2D eigenvalue weighted by atomic mass is 10.1. The largest absolute Gasteiger partial charge is 0.343 e. The average molecular weight is 459 g/mol. The van der Waals surface area contributed by atoms with Gasteiger partial charge in [0.05, 0.1) is 6.04 Å². The minimum atomic E-state index is -0.755. The molecule has 3 aromatic rings. The van der Waals surface area contributed by atoms with Crippen molar-refractivity contribution in [3.63, 3.8) is 0 Å². The van der Waals surface area contributed by atoms with Gasteiger partial charge >= 0.3 is 0 Å². The number of rotatable bonds is 7. The van der Waals surface area contributed by atoms with Crippen molar-refractivity contribution < 1.29 is 14.4 Å². The molecule has 0 saturated carbocycles. The Bertz CT molecular complexity index is 1180. The van der Waals surface area contributed by atoms with E-state index in [1.54, 1.807) is 11.8 Å². The number of hydrogen-bond donors (Lipinski definition) is 3. The highest BCUT2D eigenvalue weighted by molar-refractivity contribution is 6.00. The van der Waals surface area contributed by atoms with Crippen LogP contribution in [0.1, 0.15) is 25.3 Å². The van der Waals surface area contributed by atoms with Gasteiger partial charge in [-0.25, -0.2) is 0 Å². The van der Waals surface area contributed by atoms with E-state index in [0.29, 0.717) is 25.1 Å². The molecule has 1 saturated heterocycles. The fourth-order valence-electron chi connectivity index (χ4n) is 4.36. The highest BCUT2D eigenvalue weighted by Gasteiger charge is 2.37. The third kappa shape index (κ3) is 5.43. The lowest BCUT2D eigenvalue weighted by molar-refractivity contribution is -0.140. The zero-order chi connectivity index (χ0) is 24.1. The van der Waals surface area contributed by atoms with Crippen molar-refractivity contribution >= 4 is 34.2 Å². The molecule has 4 N–H and O–H groups in total. The van der Waals surface area contributed by atoms with E-state index in [0.717, 1.165) is 22.8 Å². The molecule has 1 heterocycles. The summed E-state index contributed by atoms with van der Waals surface area (Å²) in [6, 6.07) is 21.0. The summed E-state index contributed by atoms with van der Waals surface area (Å²) in [6.07, 6.45) is 1.68. The topological polar surface area (TPSA) is 105 Å². The number of carbonyl (C=O) groups excluding carboxylic acids is 3. The third-order valence-corrected chi connectivity index (χ3v) is 6.22. The molecule has 1 aliphatic rings. The fourth-order valence-corrected chi connectivity index (χ4v) is 4.36. The molecule has 34 heavy (non-hydrogen) atoms. The molecular formula is C27H30N4O3. The van der Waals surface area contributed by atoms with E-state index in [-0.39, 0.29) is 17.7 Å². The van der Waals surface area contributed by atoms with Crippen molar-refractivity contribution in [2.45, 2.75) is 44.3 Å². The Morgan fingerprint density at radius 3 is 2.47 bits per heavy atom. The number of benzene rings is 3. The molecule has 7 nitrogen and oxygen atoms in total. The second kappa shape index (κ2) is 10.5. The Kier molecular flexibility index (Phi) is 7.23. The molecule has 0 aliphatic carbocycles. The second-order valence-corrected chi connectivity index (χ2v) is 8.77. The smallest absolute Gasteiger partial charge is 0.246 e. The summed E-state index contributed by atoms with van der Waals surface area (Å²) in [6.45, 7) is 2.12. The summed E-state index contributed by atoms with van der Waals surface area (Å²) in [4.78, 5) is 40.2. The first-order valence-corrected chi connectivity index (χ1v) is 11.6. The van der Waals surface area contributed by atoms with Gasteiger partial charge in [0.25, 0.3) is 0 Å². The van der Waals surface area contributed by atoms with Crippen LogP contribution in [-0.4, -0.2) is 47.3 Å². The second-order valence-electron chi connectivity index (χ2n) is 8.77. The van der Waals surface area contributed by atoms with Crippen LogP contribution in [0.15, 0.2) is 72.8 Å². The molecule has 3 amide bonds. The number of nitrogens with zero attached hydrogens (tertiary/aromatic N) is 1. The molecule has 7 heteroatoms. The number of nitrogens with one attached hydrogen (secondary N) is 2. The lowest BCUT2D eigenvalue weighted by Gasteiger charge is -2.27. The van der Waals surface area contributed by atoms with Crippen LogP contribution in [0.4, 0.5) is 5.69 Å². The number of nitrogens with two attached hydrogens (primary N) is 1. The van der Waals surface area contributed by atoms with Crippen LogP contribution in [0.5, 0.6) is 0 Å². The Hall–Kier alpha value is -3.71. The minimum Gasteiger partial charge on any atom is -0.343 e. The van der Waals surface area contributed by atoms with Gasteiger partial charge in [0.1, 0.15) is 12.1 Å². The van der Waals surface area contributed by atoms with E-state index in [1.165, 1.54) is 0 Å². The van der Waals surface area contributed by atoms with E-state index < -0.39 is 18.1 Å². The Balaban J connectivity index is 1.34.